The third kappa shape index (κ3) is 3.65. The first-order valence-electron chi connectivity index (χ1n) is 11.1. The van der Waals surface area contributed by atoms with E-state index in [9.17, 15) is 0 Å². The van der Waals surface area contributed by atoms with Gasteiger partial charge in [-0.15, -0.1) is 0 Å². The molecular formula is C24H31N5O. The van der Waals surface area contributed by atoms with E-state index in [0.717, 1.165) is 74.2 Å². The maximum absolute atomic E-state index is 5.72. The smallest absolute Gasteiger partial charge is 0.229 e. The summed E-state index contributed by atoms with van der Waals surface area (Å²) in [4.78, 5) is 15.5. The van der Waals surface area contributed by atoms with Gasteiger partial charge in [-0.2, -0.15) is 9.97 Å². The fourth-order valence-electron chi connectivity index (χ4n) is 4.81. The lowest BCUT2D eigenvalue weighted by Crippen LogP contribution is -2.40. The summed E-state index contributed by atoms with van der Waals surface area (Å²) >= 11 is 0. The second-order valence-corrected chi connectivity index (χ2v) is 8.89. The third-order valence-electron chi connectivity index (χ3n) is 6.71. The Morgan fingerprint density at radius 1 is 1.07 bits per heavy atom. The van der Waals surface area contributed by atoms with Crippen molar-refractivity contribution in [2.24, 2.45) is 0 Å². The van der Waals surface area contributed by atoms with Gasteiger partial charge >= 0.3 is 0 Å². The molecule has 30 heavy (non-hydrogen) atoms. The summed E-state index contributed by atoms with van der Waals surface area (Å²) < 4.78 is 5.72. The van der Waals surface area contributed by atoms with Crippen LogP contribution < -0.4 is 10.2 Å². The number of aromatic nitrogens is 3. The van der Waals surface area contributed by atoms with E-state index in [4.69, 9.17) is 14.7 Å². The molecule has 0 saturated carbocycles. The molecule has 0 bridgehead atoms. The Kier molecular flexibility index (Phi) is 5.11. The van der Waals surface area contributed by atoms with Crippen molar-refractivity contribution in [3.05, 3.63) is 47.2 Å². The highest BCUT2D eigenvalue weighted by Crippen LogP contribution is 2.36. The Morgan fingerprint density at radius 3 is 2.53 bits per heavy atom. The van der Waals surface area contributed by atoms with Crippen LogP contribution in [0.4, 0.5) is 11.8 Å². The third-order valence-corrected chi connectivity index (χ3v) is 6.71. The van der Waals surface area contributed by atoms with Crippen molar-refractivity contribution in [1.82, 2.24) is 15.0 Å². The lowest BCUT2D eigenvalue weighted by Gasteiger charge is -2.38. The minimum Gasteiger partial charge on any atom is -0.381 e. The second kappa shape index (κ2) is 7.91. The average molecular weight is 406 g/mol. The normalized spacial score (nSPS) is 18.8. The summed E-state index contributed by atoms with van der Waals surface area (Å²) in [5, 5.41) is 4.81. The molecular weight excluding hydrogens is 374 g/mol. The SMILES string of the molecule is Cc1ccc(C2(CNc3nc(N4CCCC4)nc4[nH]c(C)cc34)CCOCC2)cc1. The monoisotopic (exact) mass is 405 g/mol. The van der Waals surface area contributed by atoms with Gasteiger partial charge in [0.05, 0.1) is 5.39 Å². The lowest BCUT2D eigenvalue weighted by molar-refractivity contribution is 0.0544. The van der Waals surface area contributed by atoms with Gasteiger partial charge in [-0.1, -0.05) is 29.8 Å². The Balaban J connectivity index is 1.48. The predicted molar refractivity (Wildman–Crippen MR) is 121 cm³/mol. The minimum atomic E-state index is 0.0579. The molecule has 2 aromatic heterocycles. The number of hydrogen-bond acceptors (Lipinski definition) is 5. The first-order chi connectivity index (χ1) is 14.6. The molecule has 0 spiro atoms. The fraction of sp³-hybridized carbons (Fsp3) is 0.500. The van der Waals surface area contributed by atoms with E-state index in [2.05, 4.69) is 59.4 Å². The number of aromatic amines is 1. The van der Waals surface area contributed by atoms with Gasteiger partial charge in [-0.25, -0.2) is 0 Å². The first-order valence-corrected chi connectivity index (χ1v) is 11.1. The van der Waals surface area contributed by atoms with Crippen LogP contribution in [-0.2, 0) is 10.2 Å². The van der Waals surface area contributed by atoms with Crippen molar-refractivity contribution in [2.45, 2.75) is 44.9 Å². The first kappa shape index (κ1) is 19.4. The van der Waals surface area contributed by atoms with Crippen molar-refractivity contribution < 1.29 is 4.74 Å². The van der Waals surface area contributed by atoms with Gasteiger partial charge in [0.1, 0.15) is 11.5 Å². The number of benzene rings is 1. The van der Waals surface area contributed by atoms with Crippen LogP contribution in [0, 0.1) is 13.8 Å². The standard InChI is InChI=1S/C24H31N5O/c1-17-5-7-19(8-6-17)24(9-13-30-14-10-24)16-25-21-20-15-18(2)26-22(20)28-23(27-21)29-11-3-4-12-29/h5-8,15H,3-4,9-14,16H2,1-2H3,(H2,25,26,27,28). The van der Waals surface area contributed by atoms with Gasteiger partial charge < -0.3 is 19.9 Å². The van der Waals surface area contributed by atoms with Gasteiger partial charge in [-0.3, -0.25) is 0 Å². The Morgan fingerprint density at radius 2 is 1.80 bits per heavy atom. The summed E-state index contributed by atoms with van der Waals surface area (Å²) in [7, 11) is 0. The molecule has 2 N–H and O–H groups in total. The van der Waals surface area contributed by atoms with Crippen LogP contribution in [0.15, 0.2) is 30.3 Å². The number of ether oxygens (including phenoxy) is 1. The Labute approximate surface area is 178 Å². The maximum Gasteiger partial charge on any atom is 0.229 e. The van der Waals surface area contributed by atoms with Crippen LogP contribution in [0.2, 0.25) is 0 Å². The van der Waals surface area contributed by atoms with E-state index >= 15 is 0 Å². The molecule has 0 atom stereocenters. The van der Waals surface area contributed by atoms with Crippen molar-refractivity contribution in [3.63, 3.8) is 0 Å². The van der Waals surface area contributed by atoms with Crippen molar-refractivity contribution >= 4 is 22.8 Å². The highest BCUT2D eigenvalue weighted by Gasteiger charge is 2.34. The van der Waals surface area contributed by atoms with E-state index in [1.54, 1.807) is 0 Å². The van der Waals surface area contributed by atoms with Gasteiger partial charge in [0, 0.05) is 44.0 Å². The topological polar surface area (TPSA) is 66.1 Å². The summed E-state index contributed by atoms with van der Waals surface area (Å²) in [5.74, 6) is 1.77. The van der Waals surface area contributed by atoms with Crippen LogP contribution in [0.5, 0.6) is 0 Å². The molecule has 0 radical (unpaired) electrons. The highest BCUT2D eigenvalue weighted by molar-refractivity contribution is 5.89. The van der Waals surface area contributed by atoms with Crippen molar-refractivity contribution in [2.75, 3.05) is 43.1 Å². The molecule has 6 heteroatoms. The number of rotatable bonds is 5. The fourth-order valence-corrected chi connectivity index (χ4v) is 4.81. The minimum absolute atomic E-state index is 0.0579. The summed E-state index contributed by atoms with van der Waals surface area (Å²) in [6.45, 7) is 8.74. The zero-order valence-corrected chi connectivity index (χ0v) is 18.0. The number of aryl methyl sites for hydroxylation is 2. The van der Waals surface area contributed by atoms with Crippen LogP contribution >= 0.6 is 0 Å². The largest absolute Gasteiger partial charge is 0.381 e. The maximum atomic E-state index is 5.72. The molecule has 1 aromatic carbocycles. The van der Waals surface area contributed by atoms with Crippen molar-refractivity contribution in [1.29, 1.82) is 0 Å². The Hall–Kier alpha value is -2.60. The number of nitrogens with one attached hydrogen (secondary N) is 2. The molecule has 2 fully saturated rings. The molecule has 2 saturated heterocycles. The van der Waals surface area contributed by atoms with Crippen LogP contribution in [0.1, 0.15) is 42.5 Å². The van der Waals surface area contributed by atoms with Crippen LogP contribution in [0.25, 0.3) is 11.0 Å². The molecule has 0 amide bonds. The zero-order chi connectivity index (χ0) is 20.6. The molecule has 0 aliphatic carbocycles. The predicted octanol–water partition coefficient (Wildman–Crippen LogP) is 4.34. The van der Waals surface area contributed by atoms with Gasteiger partial charge in [0.15, 0.2) is 0 Å². The van der Waals surface area contributed by atoms with E-state index in [-0.39, 0.29) is 5.41 Å². The number of H-pyrrole nitrogens is 1. The number of hydrogen-bond donors (Lipinski definition) is 2. The quantitative estimate of drug-likeness (QED) is 0.661. The van der Waals surface area contributed by atoms with Gasteiger partial charge in [0.25, 0.3) is 0 Å². The average Bonchev–Trinajstić information content (AvgIpc) is 3.42. The lowest BCUT2D eigenvalue weighted by atomic mass is 9.74. The van der Waals surface area contributed by atoms with E-state index in [1.807, 2.05) is 0 Å². The van der Waals surface area contributed by atoms with E-state index in [1.165, 1.54) is 24.0 Å². The molecule has 2 aliphatic rings. The van der Waals surface area contributed by atoms with E-state index < -0.39 is 0 Å². The number of anilines is 2. The Bertz CT molecular complexity index is 1010. The molecule has 3 aromatic rings. The van der Waals surface area contributed by atoms with Gasteiger partial charge in [-0.05, 0) is 51.2 Å². The second-order valence-electron chi connectivity index (χ2n) is 8.89. The highest BCUT2D eigenvalue weighted by atomic mass is 16.5. The summed E-state index contributed by atoms with van der Waals surface area (Å²) in [6.07, 6.45) is 4.46. The molecule has 0 unspecified atom stereocenters. The molecule has 6 nitrogen and oxygen atoms in total. The van der Waals surface area contributed by atoms with Crippen molar-refractivity contribution in [3.8, 4) is 0 Å². The van der Waals surface area contributed by atoms with Gasteiger partial charge in [0.2, 0.25) is 5.95 Å². The van der Waals surface area contributed by atoms with Crippen LogP contribution in [-0.4, -0.2) is 47.8 Å². The van der Waals surface area contributed by atoms with E-state index in [0.29, 0.717) is 0 Å². The summed E-state index contributed by atoms with van der Waals surface area (Å²) in [5.41, 5.74) is 4.77. The summed E-state index contributed by atoms with van der Waals surface area (Å²) in [6, 6.07) is 11.2. The van der Waals surface area contributed by atoms with Crippen LogP contribution in [0.3, 0.4) is 0 Å². The molecule has 5 rings (SSSR count). The number of fused-ring (bicyclic) bond motifs is 1. The molecule has 2 aliphatic heterocycles. The number of nitrogens with zero attached hydrogens (tertiary/aromatic N) is 3. The molecule has 158 valence electrons. The zero-order valence-electron chi connectivity index (χ0n) is 18.0. The molecule has 4 heterocycles.